The summed E-state index contributed by atoms with van der Waals surface area (Å²) in [4.78, 5) is 31.5. The molecule has 1 aromatic rings. The molecule has 0 bridgehead atoms. The van der Waals surface area contributed by atoms with Gasteiger partial charge in [0.15, 0.2) is 0 Å². The third kappa shape index (κ3) is 6.32. The summed E-state index contributed by atoms with van der Waals surface area (Å²) in [6.07, 6.45) is 1.36. The van der Waals surface area contributed by atoms with Gasteiger partial charge in [-0.15, -0.1) is 24.8 Å². The van der Waals surface area contributed by atoms with E-state index in [1.165, 1.54) is 11.1 Å². The van der Waals surface area contributed by atoms with E-state index in [2.05, 4.69) is 41.4 Å². The topological polar surface area (TPSA) is 55.9 Å². The minimum absolute atomic E-state index is 0. The van der Waals surface area contributed by atoms with Gasteiger partial charge in [0.1, 0.15) is 0 Å². The lowest BCUT2D eigenvalue weighted by molar-refractivity contribution is -0.139. The van der Waals surface area contributed by atoms with Gasteiger partial charge in [-0.05, 0) is 31.6 Å². The molecule has 2 heterocycles. The van der Waals surface area contributed by atoms with Crippen LogP contribution in [0.15, 0.2) is 24.3 Å². The molecular formula is C21H34Cl2N4O2. The van der Waals surface area contributed by atoms with Gasteiger partial charge < -0.3 is 20.0 Å². The number of aryl methyl sites for hydroxylation is 1. The molecule has 0 saturated carbocycles. The first-order valence-electron chi connectivity index (χ1n) is 10.0. The smallest absolute Gasteiger partial charge is 0.228 e. The second kappa shape index (κ2) is 11.7. The summed E-state index contributed by atoms with van der Waals surface area (Å²) < 4.78 is 0. The van der Waals surface area contributed by atoms with Gasteiger partial charge in [-0.25, -0.2) is 0 Å². The van der Waals surface area contributed by atoms with Gasteiger partial charge in [0.25, 0.3) is 0 Å². The number of nitrogens with zero attached hydrogens (tertiary/aromatic N) is 3. The second-order valence-corrected chi connectivity index (χ2v) is 7.89. The number of carbonyl (C=O) groups is 2. The van der Waals surface area contributed by atoms with Crippen LogP contribution in [0.4, 0.5) is 0 Å². The summed E-state index contributed by atoms with van der Waals surface area (Å²) in [6.45, 7) is 6.48. The van der Waals surface area contributed by atoms with Crippen LogP contribution in [-0.4, -0.2) is 79.9 Å². The molecule has 0 aromatic heterocycles. The number of halogens is 2. The van der Waals surface area contributed by atoms with Gasteiger partial charge in [-0.2, -0.15) is 0 Å². The van der Waals surface area contributed by atoms with Crippen molar-refractivity contribution in [1.29, 1.82) is 0 Å². The lowest BCUT2D eigenvalue weighted by Gasteiger charge is -2.38. The van der Waals surface area contributed by atoms with Crippen molar-refractivity contribution in [3.63, 3.8) is 0 Å². The number of hydrogen-bond acceptors (Lipinski definition) is 4. The van der Waals surface area contributed by atoms with E-state index in [1.54, 1.807) is 0 Å². The zero-order chi connectivity index (χ0) is 19.4. The molecular weight excluding hydrogens is 411 g/mol. The van der Waals surface area contributed by atoms with E-state index >= 15 is 0 Å². The lowest BCUT2D eigenvalue weighted by Crippen LogP contribution is -2.50. The predicted octanol–water partition coefficient (Wildman–Crippen LogP) is 1.98. The Labute approximate surface area is 186 Å². The van der Waals surface area contributed by atoms with Crippen LogP contribution in [0.1, 0.15) is 30.5 Å². The third-order valence-electron chi connectivity index (χ3n) is 5.68. The highest BCUT2D eigenvalue weighted by molar-refractivity contribution is 5.89. The van der Waals surface area contributed by atoms with Crippen LogP contribution < -0.4 is 5.32 Å². The van der Waals surface area contributed by atoms with Crippen LogP contribution >= 0.6 is 24.8 Å². The van der Waals surface area contributed by atoms with E-state index in [1.807, 2.05) is 23.9 Å². The maximum Gasteiger partial charge on any atom is 0.228 e. The van der Waals surface area contributed by atoms with Gasteiger partial charge >= 0.3 is 0 Å². The highest BCUT2D eigenvalue weighted by atomic mass is 35.5. The molecule has 8 heteroatoms. The molecule has 2 aliphatic rings. The quantitative estimate of drug-likeness (QED) is 0.728. The summed E-state index contributed by atoms with van der Waals surface area (Å²) >= 11 is 0. The van der Waals surface area contributed by atoms with Gasteiger partial charge in [0.05, 0.1) is 12.0 Å². The van der Waals surface area contributed by atoms with Crippen LogP contribution in [0.5, 0.6) is 0 Å². The summed E-state index contributed by atoms with van der Waals surface area (Å²) in [5, 5.41) is 3.41. The Morgan fingerprint density at radius 3 is 2.52 bits per heavy atom. The van der Waals surface area contributed by atoms with E-state index < -0.39 is 0 Å². The summed E-state index contributed by atoms with van der Waals surface area (Å²) in [5.74, 6) is 0.0196. The first-order chi connectivity index (χ1) is 13.0. The number of piperazine rings is 1. The molecule has 3 rings (SSSR count). The number of rotatable bonds is 6. The van der Waals surface area contributed by atoms with E-state index in [-0.39, 0.29) is 48.6 Å². The Hall–Kier alpha value is -1.34. The summed E-state index contributed by atoms with van der Waals surface area (Å²) in [5.41, 5.74) is 2.47. The molecule has 0 aliphatic carbocycles. The fraction of sp³-hybridized carbons (Fsp3) is 0.619. The number of hydrogen-bond donors (Lipinski definition) is 1. The van der Waals surface area contributed by atoms with Gasteiger partial charge in [-0.1, -0.05) is 31.2 Å². The van der Waals surface area contributed by atoms with Crippen LogP contribution in [-0.2, 0) is 16.0 Å². The van der Waals surface area contributed by atoms with Crippen molar-refractivity contribution in [3.8, 4) is 0 Å². The number of amides is 2. The van der Waals surface area contributed by atoms with Gasteiger partial charge in [0, 0.05) is 45.7 Å². The van der Waals surface area contributed by atoms with E-state index in [4.69, 9.17) is 0 Å². The molecule has 164 valence electrons. The van der Waals surface area contributed by atoms with Crippen LogP contribution in [0.2, 0.25) is 0 Å². The molecule has 2 unspecified atom stereocenters. The molecule has 2 saturated heterocycles. The van der Waals surface area contributed by atoms with Crippen LogP contribution in [0.3, 0.4) is 0 Å². The highest BCUT2D eigenvalue weighted by Gasteiger charge is 2.39. The Kier molecular flexibility index (Phi) is 10.4. The number of likely N-dealkylation sites (N-methyl/N-ethyl adjacent to an activating group) is 1. The van der Waals surface area contributed by atoms with E-state index in [0.29, 0.717) is 26.1 Å². The van der Waals surface area contributed by atoms with Crippen molar-refractivity contribution in [2.75, 3.05) is 53.4 Å². The minimum Gasteiger partial charge on any atom is -0.341 e. The predicted molar refractivity (Wildman–Crippen MR) is 121 cm³/mol. The molecule has 6 nitrogen and oxygen atoms in total. The van der Waals surface area contributed by atoms with Crippen molar-refractivity contribution in [3.05, 3.63) is 35.4 Å². The third-order valence-corrected chi connectivity index (χ3v) is 5.68. The van der Waals surface area contributed by atoms with E-state index in [9.17, 15) is 9.59 Å². The van der Waals surface area contributed by atoms with E-state index in [0.717, 1.165) is 26.1 Å². The van der Waals surface area contributed by atoms with Crippen molar-refractivity contribution in [2.24, 2.45) is 5.92 Å². The maximum absolute atomic E-state index is 13.2. The molecule has 0 radical (unpaired) electrons. The summed E-state index contributed by atoms with van der Waals surface area (Å²) in [7, 11) is 4.00. The van der Waals surface area contributed by atoms with Crippen molar-refractivity contribution in [2.45, 2.75) is 25.8 Å². The first kappa shape index (κ1) is 25.7. The monoisotopic (exact) mass is 444 g/mol. The molecule has 2 aliphatic heterocycles. The SMILES string of the molecule is CCc1ccc(C2CNCCN2C(=O)C2CC(=O)N(CCN(C)C)C2)cc1.Cl.Cl. The fourth-order valence-corrected chi connectivity index (χ4v) is 3.95. The summed E-state index contributed by atoms with van der Waals surface area (Å²) in [6, 6.07) is 8.62. The Balaban J connectivity index is 0.00000210. The number of carbonyl (C=O) groups excluding carboxylic acids is 2. The lowest BCUT2D eigenvalue weighted by atomic mass is 9.98. The Morgan fingerprint density at radius 1 is 1.21 bits per heavy atom. The van der Waals surface area contributed by atoms with Crippen LogP contribution in [0.25, 0.3) is 0 Å². The van der Waals surface area contributed by atoms with Gasteiger partial charge in [0.2, 0.25) is 11.8 Å². The van der Waals surface area contributed by atoms with Crippen molar-refractivity contribution in [1.82, 2.24) is 20.0 Å². The molecule has 1 aromatic carbocycles. The van der Waals surface area contributed by atoms with Gasteiger partial charge in [-0.3, -0.25) is 9.59 Å². The number of likely N-dealkylation sites (tertiary alicyclic amines) is 1. The average Bonchev–Trinajstić information content (AvgIpc) is 3.06. The molecule has 0 spiro atoms. The minimum atomic E-state index is -0.213. The molecule has 2 atom stereocenters. The van der Waals surface area contributed by atoms with Crippen LogP contribution in [0, 0.1) is 5.92 Å². The zero-order valence-electron chi connectivity index (χ0n) is 17.6. The highest BCUT2D eigenvalue weighted by Crippen LogP contribution is 2.28. The second-order valence-electron chi connectivity index (χ2n) is 7.89. The Morgan fingerprint density at radius 2 is 1.90 bits per heavy atom. The standard InChI is InChI=1S/C21H32N4O2.2ClH/c1-4-16-5-7-17(8-6-16)19-14-22-9-10-25(19)21(27)18-13-20(26)24(15-18)12-11-23(2)3;;/h5-8,18-19,22H,4,9-15H2,1-3H3;2*1H. The number of nitrogens with one attached hydrogen (secondary N) is 1. The molecule has 2 amide bonds. The zero-order valence-corrected chi connectivity index (χ0v) is 19.2. The normalized spacial score (nSPS) is 21.7. The largest absolute Gasteiger partial charge is 0.341 e. The molecule has 29 heavy (non-hydrogen) atoms. The molecule has 2 fully saturated rings. The van der Waals surface area contributed by atoms with Crippen molar-refractivity contribution < 1.29 is 9.59 Å². The van der Waals surface area contributed by atoms with Crippen molar-refractivity contribution >= 4 is 36.6 Å². The number of benzene rings is 1. The Bertz CT molecular complexity index is 669. The average molecular weight is 445 g/mol. The molecule has 1 N–H and O–H groups in total. The first-order valence-corrected chi connectivity index (χ1v) is 10.0. The fourth-order valence-electron chi connectivity index (χ4n) is 3.95. The maximum atomic E-state index is 13.2.